The fourth-order valence-corrected chi connectivity index (χ4v) is 2.51. The maximum Gasteiger partial charge on any atom is 0.307 e. The topological polar surface area (TPSA) is 37.3 Å². The van der Waals surface area contributed by atoms with Crippen LogP contribution >= 0.6 is 27.5 Å². The minimum atomic E-state index is -0.717. The van der Waals surface area contributed by atoms with Crippen LogP contribution in [0.25, 0.3) is 0 Å². The number of hydrogen-bond acceptors (Lipinski definition) is 1. The van der Waals surface area contributed by atoms with Gasteiger partial charge in [-0.2, -0.15) is 0 Å². The van der Waals surface area contributed by atoms with Crippen molar-refractivity contribution in [1.29, 1.82) is 0 Å². The van der Waals surface area contributed by atoms with Crippen LogP contribution in [0.5, 0.6) is 0 Å². The first kappa shape index (κ1) is 9.99. The lowest BCUT2D eigenvalue weighted by molar-refractivity contribution is -0.138. The number of benzene rings is 1. The standard InChI is InChI=1S/C10H8BrClO2/c11-6-1-5(2-7(12)3-6)8-4-9(8)10(13)14/h1-3,8-9H,4H2,(H,13,14). The largest absolute Gasteiger partial charge is 0.481 e. The number of carboxylic acid groups (broad SMARTS) is 1. The average molecular weight is 276 g/mol. The van der Waals surface area contributed by atoms with Crippen LogP contribution < -0.4 is 0 Å². The number of aliphatic carboxylic acids is 1. The summed E-state index contributed by atoms with van der Waals surface area (Å²) in [5.74, 6) is -0.797. The van der Waals surface area contributed by atoms with Crippen LogP contribution in [0, 0.1) is 5.92 Å². The van der Waals surface area contributed by atoms with Crippen molar-refractivity contribution in [1.82, 2.24) is 0 Å². The first-order valence-electron chi connectivity index (χ1n) is 4.26. The highest BCUT2D eigenvalue weighted by atomic mass is 79.9. The summed E-state index contributed by atoms with van der Waals surface area (Å²) in [5, 5.41) is 9.42. The number of halogens is 2. The summed E-state index contributed by atoms with van der Waals surface area (Å²) in [6.45, 7) is 0. The summed E-state index contributed by atoms with van der Waals surface area (Å²) in [5.41, 5.74) is 1.01. The van der Waals surface area contributed by atoms with Gasteiger partial charge in [0.05, 0.1) is 5.92 Å². The van der Waals surface area contributed by atoms with Crippen LogP contribution in [0.4, 0.5) is 0 Å². The molecule has 0 saturated heterocycles. The van der Waals surface area contributed by atoms with Crippen LogP contribution in [0.1, 0.15) is 17.9 Å². The van der Waals surface area contributed by atoms with Gasteiger partial charge in [-0.3, -0.25) is 4.79 Å². The molecule has 1 aliphatic rings. The van der Waals surface area contributed by atoms with E-state index in [1.807, 2.05) is 12.1 Å². The predicted octanol–water partition coefficient (Wildman–Crippen LogP) is 3.29. The minimum absolute atomic E-state index is 0.141. The van der Waals surface area contributed by atoms with Gasteiger partial charge in [0.2, 0.25) is 0 Å². The molecule has 4 heteroatoms. The summed E-state index contributed by atoms with van der Waals surface area (Å²) in [4.78, 5) is 10.7. The van der Waals surface area contributed by atoms with Gasteiger partial charge in [0.15, 0.2) is 0 Å². The van der Waals surface area contributed by atoms with E-state index in [9.17, 15) is 4.79 Å². The van der Waals surface area contributed by atoms with Crippen LogP contribution in [0.3, 0.4) is 0 Å². The molecule has 2 atom stereocenters. The van der Waals surface area contributed by atoms with E-state index < -0.39 is 5.97 Å². The fourth-order valence-electron chi connectivity index (χ4n) is 1.63. The van der Waals surface area contributed by atoms with Crippen molar-refractivity contribution in [2.45, 2.75) is 12.3 Å². The molecule has 14 heavy (non-hydrogen) atoms. The first-order valence-corrected chi connectivity index (χ1v) is 5.44. The molecule has 1 aromatic carbocycles. The van der Waals surface area contributed by atoms with Crippen molar-refractivity contribution in [3.8, 4) is 0 Å². The van der Waals surface area contributed by atoms with Crippen LogP contribution in [0.2, 0.25) is 5.02 Å². The van der Waals surface area contributed by atoms with E-state index in [0.29, 0.717) is 5.02 Å². The van der Waals surface area contributed by atoms with E-state index in [2.05, 4.69) is 15.9 Å². The van der Waals surface area contributed by atoms with Crippen LogP contribution in [-0.2, 0) is 4.79 Å². The molecule has 1 fully saturated rings. The lowest BCUT2D eigenvalue weighted by Crippen LogP contribution is -1.98. The van der Waals surface area contributed by atoms with Crippen LogP contribution in [-0.4, -0.2) is 11.1 Å². The summed E-state index contributed by atoms with van der Waals surface area (Å²) < 4.78 is 0.899. The molecule has 0 radical (unpaired) electrons. The quantitative estimate of drug-likeness (QED) is 0.899. The maximum atomic E-state index is 10.7. The second kappa shape index (κ2) is 3.55. The molecular formula is C10H8BrClO2. The van der Waals surface area contributed by atoms with Crippen LogP contribution in [0.15, 0.2) is 22.7 Å². The highest BCUT2D eigenvalue weighted by molar-refractivity contribution is 9.10. The molecule has 0 aromatic heterocycles. The van der Waals surface area contributed by atoms with Gasteiger partial charge >= 0.3 is 5.97 Å². The third-order valence-corrected chi connectivity index (χ3v) is 3.10. The minimum Gasteiger partial charge on any atom is -0.481 e. The van der Waals surface area contributed by atoms with E-state index >= 15 is 0 Å². The Morgan fingerprint density at radius 3 is 2.71 bits per heavy atom. The third kappa shape index (κ3) is 1.93. The molecule has 1 saturated carbocycles. The van der Waals surface area contributed by atoms with E-state index in [1.54, 1.807) is 6.07 Å². The third-order valence-electron chi connectivity index (χ3n) is 2.42. The van der Waals surface area contributed by atoms with Crippen molar-refractivity contribution in [2.75, 3.05) is 0 Å². The SMILES string of the molecule is O=C(O)C1CC1c1cc(Cl)cc(Br)c1. The average Bonchev–Trinajstić information content (AvgIpc) is 2.79. The zero-order valence-electron chi connectivity index (χ0n) is 7.21. The van der Waals surface area contributed by atoms with Gasteiger partial charge in [-0.05, 0) is 36.1 Å². The molecular weight excluding hydrogens is 267 g/mol. The van der Waals surface area contributed by atoms with Gasteiger partial charge in [-0.15, -0.1) is 0 Å². The molecule has 0 spiro atoms. The van der Waals surface area contributed by atoms with E-state index in [1.165, 1.54) is 0 Å². The summed E-state index contributed by atoms with van der Waals surface area (Å²) in [6, 6.07) is 5.56. The van der Waals surface area contributed by atoms with Gasteiger partial charge in [-0.25, -0.2) is 0 Å². The zero-order valence-corrected chi connectivity index (χ0v) is 9.55. The Morgan fingerprint density at radius 1 is 1.50 bits per heavy atom. The maximum absolute atomic E-state index is 10.7. The number of hydrogen-bond donors (Lipinski definition) is 1. The van der Waals surface area contributed by atoms with E-state index in [0.717, 1.165) is 16.5 Å². The molecule has 0 heterocycles. The molecule has 74 valence electrons. The Bertz CT molecular complexity index is 371. The van der Waals surface area contributed by atoms with Crippen molar-refractivity contribution in [3.63, 3.8) is 0 Å². The Balaban J connectivity index is 2.23. The highest BCUT2D eigenvalue weighted by Gasteiger charge is 2.44. The summed E-state index contributed by atoms with van der Waals surface area (Å²) >= 11 is 9.21. The monoisotopic (exact) mass is 274 g/mol. The molecule has 1 aromatic rings. The second-order valence-corrected chi connectivity index (χ2v) is 4.84. The zero-order chi connectivity index (χ0) is 10.3. The Hall–Kier alpha value is -0.540. The molecule has 0 aliphatic heterocycles. The molecule has 2 rings (SSSR count). The van der Waals surface area contributed by atoms with Crippen molar-refractivity contribution in [3.05, 3.63) is 33.3 Å². The van der Waals surface area contributed by atoms with Crippen molar-refractivity contribution < 1.29 is 9.90 Å². The molecule has 1 N–H and O–H groups in total. The number of carboxylic acids is 1. The van der Waals surface area contributed by atoms with Crippen molar-refractivity contribution >= 4 is 33.5 Å². The van der Waals surface area contributed by atoms with Gasteiger partial charge < -0.3 is 5.11 Å². The molecule has 1 aliphatic carbocycles. The lowest BCUT2D eigenvalue weighted by Gasteiger charge is -2.00. The second-order valence-electron chi connectivity index (χ2n) is 3.49. The van der Waals surface area contributed by atoms with Crippen molar-refractivity contribution in [2.24, 2.45) is 5.92 Å². The number of carbonyl (C=O) groups is 1. The Labute approximate surface area is 95.0 Å². The fraction of sp³-hybridized carbons (Fsp3) is 0.300. The summed E-state index contributed by atoms with van der Waals surface area (Å²) in [7, 11) is 0. The normalized spacial score (nSPS) is 24.7. The predicted molar refractivity (Wildman–Crippen MR) is 57.6 cm³/mol. The highest BCUT2D eigenvalue weighted by Crippen LogP contribution is 2.48. The smallest absolute Gasteiger partial charge is 0.307 e. The summed E-state index contributed by atoms with van der Waals surface area (Å²) in [6.07, 6.45) is 0.724. The van der Waals surface area contributed by atoms with Gasteiger partial charge in [0, 0.05) is 9.50 Å². The van der Waals surface area contributed by atoms with E-state index in [4.69, 9.17) is 16.7 Å². The van der Waals surface area contributed by atoms with Gasteiger partial charge in [0.25, 0.3) is 0 Å². The first-order chi connectivity index (χ1) is 6.58. The molecule has 0 amide bonds. The molecule has 2 nitrogen and oxygen atoms in total. The Kier molecular flexibility index (Phi) is 2.54. The van der Waals surface area contributed by atoms with Gasteiger partial charge in [0.1, 0.15) is 0 Å². The Morgan fingerprint density at radius 2 is 2.21 bits per heavy atom. The number of rotatable bonds is 2. The molecule has 0 bridgehead atoms. The van der Waals surface area contributed by atoms with Gasteiger partial charge in [-0.1, -0.05) is 27.5 Å². The lowest BCUT2D eigenvalue weighted by atomic mass is 10.1. The molecule has 2 unspecified atom stereocenters. The van der Waals surface area contributed by atoms with E-state index in [-0.39, 0.29) is 11.8 Å².